The van der Waals surface area contributed by atoms with Gasteiger partial charge in [-0.05, 0) is 12.1 Å². The molecule has 0 aromatic carbocycles. The van der Waals surface area contributed by atoms with Crippen molar-refractivity contribution in [2.24, 2.45) is 0 Å². The maximum atomic E-state index is 11.7. The third-order valence-corrected chi connectivity index (χ3v) is 2.41. The summed E-state index contributed by atoms with van der Waals surface area (Å²) in [5.41, 5.74) is 0.821. The van der Waals surface area contributed by atoms with E-state index in [1.807, 2.05) is 0 Å². The lowest BCUT2D eigenvalue weighted by Crippen LogP contribution is -2.39. The van der Waals surface area contributed by atoms with Gasteiger partial charge in [-0.15, -0.1) is 0 Å². The van der Waals surface area contributed by atoms with Gasteiger partial charge in [-0.3, -0.25) is 14.6 Å². The molecule has 108 valence electrons. The number of anilines is 1. The number of nitrogens with one attached hydrogen (secondary N) is 2. The van der Waals surface area contributed by atoms with Gasteiger partial charge >= 0.3 is 12.0 Å². The first kappa shape index (κ1) is 15.4. The number of nitrogens with zero attached hydrogens (tertiary/aromatic N) is 2. The monoisotopic (exact) mass is 280 g/mol. The Balaban J connectivity index is 2.57. The van der Waals surface area contributed by atoms with Crippen molar-refractivity contribution in [3.05, 3.63) is 24.0 Å². The van der Waals surface area contributed by atoms with E-state index in [-0.39, 0.29) is 18.9 Å². The van der Waals surface area contributed by atoms with Crippen molar-refractivity contribution in [1.82, 2.24) is 15.2 Å². The summed E-state index contributed by atoms with van der Waals surface area (Å²) < 4.78 is 0. The van der Waals surface area contributed by atoms with E-state index in [2.05, 4.69) is 15.6 Å². The van der Waals surface area contributed by atoms with E-state index in [4.69, 9.17) is 5.11 Å². The molecular formula is C12H16N4O4. The number of pyridine rings is 1. The van der Waals surface area contributed by atoms with Crippen LogP contribution in [0.5, 0.6) is 0 Å². The lowest BCUT2D eigenvalue weighted by Gasteiger charge is -2.16. The summed E-state index contributed by atoms with van der Waals surface area (Å²) in [5.74, 6) is -1.25. The smallest absolute Gasteiger partial charge is 0.322 e. The van der Waals surface area contributed by atoms with Gasteiger partial charge in [0.1, 0.15) is 6.54 Å². The van der Waals surface area contributed by atoms with Crippen LogP contribution in [0.25, 0.3) is 0 Å². The van der Waals surface area contributed by atoms with E-state index in [9.17, 15) is 14.4 Å². The second-order valence-electron chi connectivity index (χ2n) is 4.07. The SMILES string of the molecule is CNC(=O)CN(C)C(=O)Nc1ccc(CC(=O)O)nc1. The average Bonchev–Trinajstić information content (AvgIpc) is 2.40. The number of urea groups is 1. The van der Waals surface area contributed by atoms with E-state index in [1.54, 1.807) is 6.07 Å². The molecule has 1 aromatic heterocycles. The first-order valence-corrected chi connectivity index (χ1v) is 5.81. The summed E-state index contributed by atoms with van der Waals surface area (Å²) in [7, 11) is 2.97. The van der Waals surface area contributed by atoms with E-state index < -0.39 is 12.0 Å². The van der Waals surface area contributed by atoms with Crippen molar-refractivity contribution in [3.8, 4) is 0 Å². The predicted octanol–water partition coefficient (Wildman–Crippen LogP) is -0.0816. The van der Waals surface area contributed by atoms with E-state index in [1.165, 1.54) is 31.3 Å². The summed E-state index contributed by atoms with van der Waals surface area (Å²) in [5, 5.41) is 13.6. The van der Waals surface area contributed by atoms with E-state index >= 15 is 0 Å². The molecule has 8 heteroatoms. The van der Waals surface area contributed by atoms with Crippen molar-refractivity contribution in [1.29, 1.82) is 0 Å². The Morgan fingerprint density at radius 2 is 2.05 bits per heavy atom. The van der Waals surface area contributed by atoms with Crippen LogP contribution in [0.2, 0.25) is 0 Å². The van der Waals surface area contributed by atoms with Gasteiger partial charge in [0.2, 0.25) is 5.91 Å². The normalized spacial score (nSPS) is 9.70. The molecule has 3 amide bonds. The number of aliphatic carboxylic acids is 1. The molecule has 1 aromatic rings. The summed E-state index contributed by atoms with van der Waals surface area (Å²) in [4.78, 5) is 38.5. The zero-order valence-corrected chi connectivity index (χ0v) is 11.2. The van der Waals surface area contributed by atoms with E-state index in [0.29, 0.717) is 11.4 Å². The maximum Gasteiger partial charge on any atom is 0.322 e. The van der Waals surface area contributed by atoms with Crippen LogP contribution >= 0.6 is 0 Å². The Hall–Kier alpha value is -2.64. The molecule has 0 radical (unpaired) electrons. The highest BCUT2D eigenvalue weighted by Crippen LogP contribution is 2.07. The quantitative estimate of drug-likeness (QED) is 0.698. The van der Waals surface area contributed by atoms with Crippen LogP contribution in [0, 0.1) is 0 Å². The molecule has 1 rings (SSSR count). The zero-order chi connectivity index (χ0) is 15.1. The highest BCUT2D eigenvalue weighted by atomic mass is 16.4. The average molecular weight is 280 g/mol. The van der Waals surface area contributed by atoms with Gasteiger partial charge in [0.25, 0.3) is 0 Å². The fourth-order valence-corrected chi connectivity index (χ4v) is 1.34. The van der Waals surface area contributed by atoms with Crippen molar-refractivity contribution in [2.45, 2.75) is 6.42 Å². The minimum absolute atomic E-state index is 0.0626. The first-order chi connectivity index (χ1) is 9.42. The van der Waals surface area contributed by atoms with Gasteiger partial charge in [0.15, 0.2) is 0 Å². The van der Waals surface area contributed by atoms with Crippen LogP contribution in [0.4, 0.5) is 10.5 Å². The molecule has 3 N–H and O–H groups in total. The van der Waals surface area contributed by atoms with Crippen LogP contribution in [0.1, 0.15) is 5.69 Å². The molecule has 0 aliphatic carbocycles. The van der Waals surface area contributed by atoms with Crippen molar-refractivity contribution < 1.29 is 19.5 Å². The number of likely N-dealkylation sites (N-methyl/N-ethyl adjacent to an activating group) is 2. The summed E-state index contributed by atoms with van der Waals surface area (Å²) in [6.07, 6.45) is 1.19. The number of carbonyl (C=O) groups is 3. The molecule has 0 saturated carbocycles. The number of hydrogen-bond donors (Lipinski definition) is 3. The standard InChI is InChI=1S/C12H16N4O4/c1-13-10(17)7-16(2)12(20)15-9-4-3-8(14-6-9)5-11(18)19/h3-4,6H,5,7H2,1-2H3,(H,13,17)(H,15,20)(H,18,19). The van der Waals surface area contributed by atoms with Crippen LogP contribution < -0.4 is 10.6 Å². The van der Waals surface area contributed by atoms with Crippen molar-refractivity contribution in [3.63, 3.8) is 0 Å². The third kappa shape index (κ3) is 4.92. The molecule has 0 aliphatic rings. The molecule has 8 nitrogen and oxygen atoms in total. The molecule has 0 atom stereocenters. The van der Waals surface area contributed by atoms with E-state index in [0.717, 1.165) is 0 Å². The molecule has 0 saturated heterocycles. The summed E-state index contributed by atoms with van der Waals surface area (Å²) >= 11 is 0. The van der Waals surface area contributed by atoms with Crippen LogP contribution in [-0.4, -0.2) is 53.5 Å². The number of carboxylic acids is 1. The number of carbonyl (C=O) groups excluding carboxylic acids is 2. The van der Waals surface area contributed by atoms with Gasteiger partial charge in [-0.25, -0.2) is 4.79 Å². The second-order valence-corrected chi connectivity index (χ2v) is 4.07. The molecular weight excluding hydrogens is 264 g/mol. The fraction of sp³-hybridized carbons (Fsp3) is 0.333. The highest BCUT2D eigenvalue weighted by Gasteiger charge is 2.12. The third-order valence-electron chi connectivity index (χ3n) is 2.41. The second kappa shape index (κ2) is 7.07. The lowest BCUT2D eigenvalue weighted by molar-refractivity contribution is -0.136. The zero-order valence-electron chi connectivity index (χ0n) is 11.2. The molecule has 0 bridgehead atoms. The Kier molecular flexibility index (Phi) is 5.45. The largest absolute Gasteiger partial charge is 0.481 e. The predicted molar refractivity (Wildman–Crippen MR) is 71.3 cm³/mol. The minimum Gasteiger partial charge on any atom is -0.481 e. The van der Waals surface area contributed by atoms with Crippen LogP contribution in [-0.2, 0) is 16.0 Å². The molecule has 0 unspecified atom stereocenters. The maximum absolute atomic E-state index is 11.7. The molecule has 1 heterocycles. The van der Waals surface area contributed by atoms with Gasteiger partial charge in [-0.2, -0.15) is 0 Å². The first-order valence-electron chi connectivity index (χ1n) is 5.81. The minimum atomic E-state index is -0.973. The number of rotatable bonds is 5. The van der Waals surface area contributed by atoms with Crippen LogP contribution in [0.15, 0.2) is 18.3 Å². The topological polar surface area (TPSA) is 112 Å². The Labute approximate surface area is 115 Å². The Morgan fingerprint density at radius 1 is 1.35 bits per heavy atom. The van der Waals surface area contributed by atoms with Gasteiger partial charge in [0.05, 0.1) is 24.0 Å². The Morgan fingerprint density at radius 3 is 2.55 bits per heavy atom. The Bertz CT molecular complexity index is 501. The summed E-state index contributed by atoms with van der Waals surface area (Å²) in [6.45, 7) is -0.0626. The summed E-state index contributed by atoms with van der Waals surface area (Å²) in [6, 6.07) is 2.61. The highest BCUT2D eigenvalue weighted by molar-refractivity contribution is 5.91. The number of aromatic nitrogens is 1. The van der Waals surface area contributed by atoms with Gasteiger partial charge in [0, 0.05) is 14.1 Å². The fourth-order valence-electron chi connectivity index (χ4n) is 1.34. The van der Waals surface area contributed by atoms with Crippen molar-refractivity contribution in [2.75, 3.05) is 26.0 Å². The molecule has 0 spiro atoms. The van der Waals surface area contributed by atoms with Crippen molar-refractivity contribution >= 4 is 23.6 Å². The number of hydrogen-bond acceptors (Lipinski definition) is 4. The number of amides is 3. The van der Waals surface area contributed by atoms with Gasteiger partial charge in [-0.1, -0.05) is 0 Å². The van der Waals surface area contributed by atoms with Gasteiger partial charge < -0.3 is 20.6 Å². The molecule has 20 heavy (non-hydrogen) atoms. The number of carboxylic acid groups (broad SMARTS) is 1. The van der Waals surface area contributed by atoms with Crippen LogP contribution in [0.3, 0.4) is 0 Å². The lowest BCUT2D eigenvalue weighted by atomic mass is 10.2. The molecule has 0 aliphatic heterocycles. The molecule has 0 fully saturated rings.